The number of hydrogen-bond donors (Lipinski definition) is 0. The first kappa shape index (κ1) is 17.0. The molecule has 0 saturated carbocycles. The highest BCUT2D eigenvalue weighted by Gasteiger charge is 2.31. The lowest BCUT2D eigenvalue weighted by molar-refractivity contribution is 0.0673. The molecule has 1 aliphatic rings. The fraction of sp³-hybridized carbons (Fsp3) is 0.350. The van der Waals surface area contributed by atoms with E-state index in [0.29, 0.717) is 17.3 Å². The lowest BCUT2D eigenvalue weighted by Gasteiger charge is -2.30. The van der Waals surface area contributed by atoms with Gasteiger partial charge >= 0.3 is 0 Å². The van der Waals surface area contributed by atoms with Gasteiger partial charge in [0, 0.05) is 18.9 Å². The number of amides is 1. The smallest absolute Gasteiger partial charge is 0.276 e. The Labute approximate surface area is 156 Å². The number of oxazole rings is 1. The van der Waals surface area contributed by atoms with E-state index in [0.717, 1.165) is 42.7 Å². The van der Waals surface area contributed by atoms with Gasteiger partial charge < -0.3 is 9.32 Å². The standard InChI is InChI=1S/C20H21N3O2S/c1-14-18(22-19(25-14)17-7-5-13-26-17)20(24)23-12-4-2-3-6-16(23)15-8-10-21-11-9-15/h5,7-11,13,16H,2-4,6,12H2,1H3. The van der Waals surface area contributed by atoms with Crippen LogP contribution in [0.15, 0.2) is 46.5 Å². The van der Waals surface area contributed by atoms with E-state index in [2.05, 4.69) is 9.97 Å². The van der Waals surface area contributed by atoms with Gasteiger partial charge in [0.1, 0.15) is 5.76 Å². The molecule has 0 aliphatic carbocycles. The van der Waals surface area contributed by atoms with Gasteiger partial charge in [-0.25, -0.2) is 4.98 Å². The summed E-state index contributed by atoms with van der Waals surface area (Å²) in [5.74, 6) is 1.06. The highest BCUT2D eigenvalue weighted by Crippen LogP contribution is 2.32. The Morgan fingerprint density at radius 2 is 2.08 bits per heavy atom. The molecule has 1 atom stereocenters. The minimum Gasteiger partial charge on any atom is -0.440 e. The third kappa shape index (κ3) is 3.29. The average molecular weight is 367 g/mol. The maximum absolute atomic E-state index is 13.3. The Bertz CT molecular complexity index is 874. The van der Waals surface area contributed by atoms with Crippen LogP contribution in [0.5, 0.6) is 0 Å². The zero-order chi connectivity index (χ0) is 17.9. The zero-order valence-corrected chi connectivity index (χ0v) is 15.5. The molecular formula is C20H21N3O2S. The molecule has 0 spiro atoms. The second kappa shape index (κ2) is 7.41. The van der Waals surface area contributed by atoms with Crippen molar-refractivity contribution in [3.05, 3.63) is 59.1 Å². The van der Waals surface area contributed by atoms with Crippen molar-refractivity contribution in [2.45, 2.75) is 38.6 Å². The largest absolute Gasteiger partial charge is 0.440 e. The third-order valence-corrected chi connectivity index (χ3v) is 5.69. The van der Waals surface area contributed by atoms with E-state index in [1.54, 1.807) is 23.7 Å². The molecule has 26 heavy (non-hydrogen) atoms. The van der Waals surface area contributed by atoms with Gasteiger partial charge in [0.25, 0.3) is 5.91 Å². The summed E-state index contributed by atoms with van der Waals surface area (Å²) in [5, 5.41) is 1.98. The number of pyridine rings is 1. The number of thiophene rings is 1. The van der Waals surface area contributed by atoms with Crippen molar-refractivity contribution >= 4 is 17.2 Å². The van der Waals surface area contributed by atoms with Crippen molar-refractivity contribution in [3.8, 4) is 10.8 Å². The Balaban J connectivity index is 1.67. The number of rotatable bonds is 3. The van der Waals surface area contributed by atoms with E-state index in [-0.39, 0.29) is 11.9 Å². The maximum Gasteiger partial charge on any atom is 0.276 e. The predicted molar refractivity (Wildman–Crippen MR) is 101 cm³/mol. The van der Waals surface area contributed by atoms with Crippen molar-refractivity contribution in [1.29, 1.82) is 0 Å². The Hall–Kier alpha value is -2.47. The summed E-state index contributed by atoms with van der Waals surface area (Å²) >= 11 is 1.56. The van der Waals surface area contributed by atoms with Crippen LogP contribution in [0.4, 0.5) is 0 Å². The first-order valence-electron chi connectivity index (χ1n) is 8.96. The average Bonchev–Trinajstić information content (AvgIpc) is 3.26. The Kier molecular flexibility index (Phi) is 4.84. The van der Waals surface area contributed by atoms with Gasteiger partial charge in [0.05, 0.1) is 10.9 Å². The molecule has 0 N–H and O–H groups in total. The van der Waals surface area contributed by atoms with Gasteiger partial charge in [-0.2, -0.15) is 0 Å². The molecule has 4 rings (SSSR count). The monoisotopic (exact) mass is 367 g/mol. The molecule has 0 aromatic carbocycles. The zero-order valence-electron chi connectivity index (χ0n) is 14.7. The van der Waals surface area contributed by atoms with Crippen molar-refractivity contribution in [1.82, 2.24) is 14.9 Å². The molecule has 3 aromatic heterocycles. The van der Waals surface area contributed by atoms with Crippen molar-refractivity contribution in [2.24, 2.45) is 0 Å². The number of aryl methyl sites for hydroxylation is 1. The highest BCUT2D eigenvalue weighted by atomic mass is 32.1. The van der Waals surface area contributed by atoms with Crippen LogP contribution < -0.4 is 0 Å². The SMILES string of the molecule is Cc1oc(-c2cccs2)nc1C(=O)N1CCCCCC1c1ccncc1. The molecule has 1 aliphatic heterocycles. The van der Waals surface area contributed by atoms with Crippen LogP contribution in [0.25, 0.3) is 10.8 Å². The lowest BCUT2D eigenvalue weighted by atomic mass is 10.0. The van der Waals surface area contributed by atoms with Crippen LogP contribution in [-0.4, -0.2) is 27.3 Å². The quantitative estimate of drug-likeness (QED) is 0.663. The number of carbonyl (C=O) groups excluding carboxylic acids is 1. The van der Waals surface area contributed by atoms with Gasteiger partial charge in [0.15, 0.2) is 5.69 Å². The summed E-state index contributed by atoms with van der Waals surface area (Å²) in [6, 6.07) is 7.98. The van der Waals surface area contributed by atoms with Crippen LogP contribution in [0.1, 0.15) is 53.5 Å². The molecule has 1 amide bonds. The van der Waals surface area contributed by atoms with Crippen LogP contribution >= 0.6 is 11.3 Å². The number of hydrogen-bond acceptors (Lipinski definition) is 5. The molecule has 6 heteroatoms. The highest BCUT2D eigenvalue weighted by molar-refractivity contribution is 7.13. The number of carbonyl (C=O) groups is 1. The van der Waals surface area contributed by atoms with E-state index < -0.39 is 0 Å². The molecule has 0 bridgehead atoms. The molecule has 3 aromatic rings. The topological polar surface area (TPSA) is 59.2 Å². The van der Waals surface area contributed by atoms with Gasteiger partial charge in [-0.15, -0.1) is 11.3 Å². The first-order valence-corrected chi connectivity index (χ1v) is 9.84. The summed E-state index contributed by atoms with van der Waals surface area (Å²) in [7, 11) is 0. The van der Waals surface area contributed by atoms with Gasteiger partial charge in [0.2, 0.25) is 5.89 Å². The summed E-state index contributed by atoms with van der Waals surface area (Å²) in [4.78, 5) is 24.9. The van der Waals surface area contributed by atoms with Crippen molar-refractivity contribution in [3.63, 3.8) is 0 Å². The summed E-state index contributed by atoms with van der Waals surface area (Å²) < 4.78 is 5.78. The van der Waals surface area contributed by atoms with Crippen LogP contribution in [0.2, 0.25) is 0 Å². The van der Waals surface area contributed by atoms with E-state index in [4.69, 9.17) is 4.42 Å². The second-order valence-electron chi connectivity index (χ2n) is 6.55. The molecule has 134 valence electrons. The van der Waals surface area contributed by atoms with Gasteiger partial charge in [-0.05, 0) is 48.9 Å². The molecule has 1 fully saturated rings. The van der Waals surface area contributed by atoms with E-state index in [1.807, 2.05) is 41.5 Å². The lowest BCUT2D eigenvalue weighted by Crippen LogP contribution is -2.35. The van der Waals surface area contributed by atoms with Crippen LogP contribution in [-0.2, 0) is 0 Å². The van der Waals surface area contributed by atoms with Gasteiger partial charge in [-0.3, -0.25) is 9.78 Å². The number of nitrogens with zero attached hydrogens (tertiary/aromatic N) is 3. The first-order chi connectivity index (χ1) is 12.7. The normalized spacial score (nSPS) is 17.9. The Morgan fingerprint density at radius 1 is 1.23 bits per heavy atom. The fourth-order valence-electron chi connectivity index (χ4n) is 3.52. The van der Waals surface area contributed by atoms with E-state index in [9.17, 15) is 4.79 Å². The van der Waals surface area contributed by atoms with Crippen molar-refractivity contribution < 1.29 is 9.21 Å². The molecular weight excluding hydrogens is 346 g/mol. The maximum atomic E-state index is 13.3. The van der Waals surface area contributed by atoms with Crippen LogP contribution in [0, 0.1) is 6.92 Å². The molecule has 1 unspecified atom stereocenters. The fourth-order valence-corrected chi connectivity index (χ4v) is 4.17. The van der Waals surface area contributed by atoms with E-state index >= 15 is 0 Å². The minimum absolute atomic E-state index is 0.0437. The predicted octanol–water partition coefficient (Wildman–Crippen LogP) is 4.86. The summed E-state index contributed by atoms with van der Waals surface area (Å²) in [6.45, 7) is 2.56. The molecule has 0 radical (unpaired) electrons. The second-order valence-corrected chi connectivity index (χ2v) is 7.49. The summed E-state index contributed by atoms with van der Waals surface area (Å²) in [5.41, 5.74) is 1.56. The van der Waals surface area contributed by atoms with Crippen LogP contribution in [0.3, 0.4) is 0 Å². The van der Waals surface area contributed by atoms with Gasteiger partial charge in [-0.1, -0.05) is 18.9 Å². The molecule has 1 saturated heterocycles. The molecule has 4 heterocycles. The number of likely N-dealkylation sites (tertiary alicyclic amines) is 1. The minimum atomic E-state index is -0.0437. The summed E-state index contributed by atoms with van der Waals surface area (Å²) in [6.07, 6.45) is 7.82. The van der Waals surface area contributed by atoms with E-state index in [1.165, 1.54) is 0 Å². The molecule has 5 nitrogen and oxygen atoms in total. The third-order valence-electron chi connectivity index (χ3n) is 4.84. The number of aromatic nitrogens is 2. The van der Waals surface area contributed by atoms with Crippen molar-refractivity contribution in [2.75, 3.05) is 6.54 Å². The Morgan fingerprint density at radius 3 is 2.85 bits per heavy atom.